The smallest absolute Gasteiger partial charge is 0.305 e. The summed E-state index contributed by atoms with van der Waals surface area (Å²) in [6.07, 6.45) is 1.10. The highest BCUT2D eigenvalue weighted by Crippen LogP contribution is 2.20. The van der Waals surface area contributed by atoms with Crippen LogP contribution in [0.1, 0.15) is 24.5 Å². The highest BCUT2D eigenvalue weighted by atomic mass is 35.5. The van der Waals surface area contributed by atoms with Crippen LogP contribution in [0.15, 0.2) is 18.2 Å². The van der Waals surface area contributed by atoms with Gasteiger partial charge in [-0.1, -0.05) is 17.7 Å². The zero-order valence-corrected chi connectivity index (χ0v) is 13.4. The molecule has 0 aromatic heterocycles. The number of ether oxygens (including phenoxy) is 1. The molecule has 0 unspecified atom stereocenters. The third-order valence-corrected chi connectivity index (χ3v) is 4.08. The standard InChI is InChI=1S/C16H23ClN2O2/c1-12-10-19(8-7-18-12)11-14-9-15(17)5-3-13(14)4-6-16(20)21-2/h3,5,9,12,18H,4,6-8,10-11H2,1-2H3/t12-/m0/s1. The number of nitrogens with one attached hydrogen (secondary N) is 1. The molecule has 1 N–H and O–H groups in total. The molecule has 116 valence electrons. The van der Waals surface area contributed by atoms with E-state index in [0.717, 1.165) is 31.2 Å². The lowest BCUT2D eigenvalue weighted by atomic mass is 10.0. The Morgan fingerprint density at radius 3 is 3.00 bits per heavy atom. The third kappa shape index (κ3) is 4.99. The van der Waals surface area contributed by atoms with E-state index in [-0.39, 0.29) is 5.97 Å². The van der Waals surface area contributed by atoms with Crippen molar-refractivity contribution in [3.8, 4) is 0 Å². The quantitative estimate of drug-likeness (QED) is 0.847. The summed E-state index contributed by atoms with van der Waals surface area (Å²) in [6, 6.07) is 6.43. The fourth-order valence-corrected chi connectivity index (χ4v) is 2.92. The summed E-state index contributed by atoms with van der Waals surface area (Å²) in [5.41, 5.74) is 2.39. The van der Waals surface area contributed by atoms with Crippen LogP contribution in [-0.4, -0.2) is 43.7 Å². The Hall–Kier alpha value is -1.10. The third-order valence-electron chi connectivity index (χ3n) is 3.84. The average molecular weight is 311 g/mol. The molecule has 1 atom stereocenters. The molecule has 0 bridgehead atoms. The van der Waals surface area contributed by atoms with E-state index in [1.165, 1.54) is 18.2 Å². The number of hydrogen-bond acceptors (Lipinski definition) is 4. The molecule has 0 amide bonds. The van der Waals surface area contributed by atoms with Gasteiger partial charge in [-0.2, -0.15) is 0 Å². The van der Waals surface area contributed by atoms with Gasteiger partial charge in [0.1, 0.15) is 0 Å². The Kier molecular flexibility index (Phi) is 6.03. The summed E-state index contributed by atoms with van der Waals surface area (Å²) in [4.78, 5) is 13.8. The molecule has 4 nitrogen and oxygen atoms in total. The second kappa shape index (κ2) is 7.78. The minimum absolute atomic E-state index is 0.174. The molecule has 0 saturated carbocycles. The van der Waals surface area contributed by atoms with Gasteiger partial charge in [0.2, 0.25) is 0 Å². The summed E-state index contributed by atoms with van der Waals surface area (Å²) in [7, 11) is 1.42. The highest BCUT2D eigenvalue weighted by Gasteiger charge is 2.17. The number of hydrogen-bond donors (Lipinski definition) is 1. The number of piperazine rings is 1. The number of esters is 1. The van der Waals surface area contributed by atoms with E-state index in [2.05, 4.69) is 17.1 Å². The van der Waals surface area contributed by atoms with E-state index in [9.17, 15) is 4.79 Å². The predicted molar refractivity (Wildman–Crippen MR) is 84.5 cm³/mol. The molecular weight excluding hydrogens is 288 g/mol. The summed E-state index contributed by atoms with van der Waals surface area (Å²) < 4.78 is 4.72. The first-order chi connectivity index (χ1) is 10.1. The lowest BCUT2D eigenvalue weighted by molar-refractivity contribution is -0.140. The maximum Gasteiger partial charge on any atom is 0.305 e. The average Bonchev–Trinajstić information content (AvgIpc) is 2.46. The topological polar surface area (TPSA) is 41.6 Å². The molecule has 1 heterocycles. The van der Waals surface area contributed by atoms with E-state index < -0.39 is 0 Å². The molecule has 1 fully saturated rings. The van der Waals surface area contributed by atoms with E-state index in [0.29, 0.717) is 18.9 Å². The van der Waals surface area contributed by atoms with Crippen LogP contribution in [0.4, 0.5) is 0 Å². The first-order valence-electron chi connectivity index (χ1n) is 7.38. The zero-order valence-electron chi connectivity index (χ0n) is 12.7. The number of carbonyl (C=O) groups is 1. The van der Waals surface area contributed by atoms with Crippen molar-refractivity contribution in [1.82, 2.24) is 10.2 Å². The first-order valence-corrected chi connectivity index (χ1v) is 7.76. The van der Waals surface area contributed by atoms with Gasteiger partial charge in [-0.05, 0) is 36.6 Å². The highest BCUT2D eigenvalue weighted by molar-refractivity contribution is 6.30. The van der Waals surface area contributed by atoms with Gasteiger partial charge in [-0.15, -0.1) is 0 Å². The van der Waals surface area contributed by atoms with Crippen LogP contribution in [0.5, 0.6) is 0 Å². The van der Waals surface area contributed by atoms with E-state index in [1.807, 2.05) is 18.2 Å². The van der Waals surface area contributed by atoms with Crippen molar-refractivity contribution in [3.05, 3.63) is 34.3 Å². The lowest BCUT2D eigenvalue weighted by Gasteiger charge is -2.32. The number of rotatable bonds is 5. The Balaban J connectivity index is 2.05. The molecule has 1 aliphatic rings. The monoisotopic (exact) mass is 310 g/mol. The molecule has 21 heavy (non-hydrogen) atoms. The van der Waals surface area contributed by atoms with Gasteiger partial charge in [0.25, 0.3) is 0 Å². The van der Waals surface area contributed by atoms with Gasteiger partial charge in [0.05, 0.1) is 7.11 Å². The van der Waals surface area contributed by atoms with Gasteiger partial charge >= 0.3 is 5.97 Å². The number of aryl methyl sites for hydroxylation is 1. The Bertz CT molecular complexity index is 493. The molecule has 0 aliphatic carbocycles. The van der Waals surface area contributed by atoms with Crippen LogP contribution < -0.4 is 5.32 Å². The fourth-order valence-electron chi connectivity index (χ4n) is 2.72. The van der Waals surface area contributed by atoms with E-state index in [1.54, 1.807) is 0 Å². The molecule has 0 spiro atoms. The number of methoxy groups -OCH3 is 1. The van der Waals surface area contributed by atoms with E-state index in [4.69, 9.17) is 16.3 Å². The van der Waals surface area contributed by atoms with Gasteiger partial charge in [0, 0.05) is 43.7 Å². The second-order valence-electron chi connectivity index (χ2n) is 5.58. The lowest BCUT2D eigenvalue weighted by Crippen LogP contribution is -2.48. The molecule has 1 aliphatic heterocycles. The minimum Gasteiger partial charge on any atom is -0.469 e. The van der Waals surface area contributed by atoms with Crippen molar-refractivity contribution in [2.45, 2.75) is 32.4 Å². The maximum absolute atomic E-state index is 11.3. The number of nitrogens with zero attached hydrogens (tertiary/aromatic N) is 1. The fraction of sp³-hybridized carbons (Fsp3) is 0.562. The number of halogens is 1. The minimum atomic E-state index is -0.174. The van der Waals surface area contributed by atoms with Gasteiger partial charge in [0.15, 0.2) is 0 Å². The van der Waals surface area contributed by atoms with Crippen molar-refractivity contribution >= 4 is 17.6 Å². The normalized spacial score (nSPS) is 19.5. The Morgan fingerprint density at radius 2 is 2.29 bits per heavy atom. The van der Waals surface area contributed by atoms with Crippen LogP contribution in [0, 0.1) is 0 Å². The number of carbonyl (C=O) groups excluding carboxylic acids is 1. The SMILES string of the molecule is COC(=O)CCc1ccc(Cl)cc1CN1CCN[C@@H](C)C1. The second-order valence-corrected chi connectivity index (χ2v) is 6.02. The molecule has 1 saturated heterocycles. The summed E-state index contributed by atoms with van der Waals surface area (Å²) >= 11 is 6.13. The molecule has 1 aromatic rings. The van der Waals surface area contributed by atoms with Gasteiger partial charge < -0.3 is 10.1 Å². The Labute approximate surface area is 131 Å². The summed E-state index contributed by atoms with van der Waals surface area (Å²) in [5, 5.41) is 4.19. The van der Waals surface area contributed by atoms with Crippen LogP contribution in [0.3, 0.4) is 0 Å². The maximum atomic E-state index is 11.3. The van der Waals surface area contributed by atoms with Crippen molar-refractivity contribution in [1.29, 1.82) is 0 Å². The molecular formula is C16H23ClN2O2. The van der Waals surface area contributed by atoms with Crippen molar-refractivity contribution in [2.24, 2.45) is 0 Å². The van der Waals surface area contributed by atoms with Crippen LogP contribution in [-0.2, 0) is 22.5 Å². The van der Waals surface area contributed by atoms with Crippen LogP contribution >= 0.6 is 11.6 Å². The molecule has 5 heteroatoms. The first kappa shape index (κ1) is 16.3. The van der Waals surface area contributed by atoms with Crippen LogP contribution in [0.2, 0.25) is 5.02 Å². The molecule has 2 rings (SSSR count). The van der Waals surface area contributed by atoms with E-state index >= 15 is 0 Å². The predicted octanol–water partition coefficient (Wildman–Crippen LogP) is 2.24. The van der Waals surface area contributed by atoms with Crippen LogP contribution in [0.25, 0.3) is 0 Å². The molecule has 0 radical (unpaired) electrons. The number of benzene rings is 1. The van der Waals surface area contributed by atoms with Crippen molar-refractivity contribution in [2.75, 3.05) is 26.7 Å². The Morgan fingerprint density at radius 1 is 1.48 bits per heavy atom. The largest absolute Gasteiger partial charge is 0.469 e. The van der Waals surface area contributed by atoms with Gasteiger partial charge in [-0.3, -0.25) is 9.69 Å². The van der Waals surface area contributed by atoms with Gasteiger partial charge in [-0.25, -0.2) is 0 Å². The summed E-state index contributed by atoms with van der Waals surface area (Å²) in [5.74, 6) is -0.174. The zero-order chi connectivity index (χ0) is 15.2. The summed E-state index contributed by atoms with van der Waals surface area (Å²) in [6.45, 7) is 6.15. The van der Waals surface area contributed by atoms with Crippen molar-refractivity contribution in [3.63, 3.8) is 0 Å². The van der Waals surface area contributed by atoms with Crippen molar-refractivity contribution < 1.29 is 9.53 Å². The molecule has 1 aromatic carbocycles.